The summed E-state index contributed by atoms with van der Waals surface area (Å²) in [5, 5.41) is 8.01. The minimum Gasteiger partial charge on any atom is -0.454 e. The third-order valence-corrected chi connectivity index (χ3v) is 6.99. The molecule has 12 heteroatoms. The van der Waals surface area contributed by atoms with Crippen molar-refractivity contribution in [3.05, 3.63) is 101 Å². The van der Waals surface area contributed by atoms with Gasteiger partial charge in [0.1, 0.15) is 17.6 Å². The van der Waals surface area contributed by atoms with Gasteiger partial charge in [0, 0.05) is 50.0 Å². The number of carbonyl (C=O) groups is 4. The number of nitrogens with one attached hydrogen (secondary N) is 4. The lowest BCUT2D eigenvalue weighted by Crippen LogP contribution is -2.47. The number of rotatable bonds is 14. The summed E-state index contributed by atoms with van der Waals surface area (Å²) in [6.45, 7) is 6.16. The van der Waals surface area contributed by atoms with Crippen molar-refractivity contribution in [3.63, 3.8) is 0 Å². The van der Waals surface area contributed by atoms with Gasteiger partial charge >= 0.3 is 0 Å². The molecule has 0 aliphatic heterocycles. The van der Waals surface area contributed by atoms with Gasteiger partial charge in [-0.05, 0) is 69.2 Å². The minimum atomic E-state index is -0.920. The Morgan fingerprint density at radius 3 is 2.43 bits per heavy atom. The zero-order chi connectivity index (χ0) is 33.2. The Hall–Kier alpha value is -5.39. The highest BCUT2D eigenvalue weighted by molar-refractivity contribution is 5.99. The number of hydrogen-bond acceptors (Lipinski definition) is 6. The number of pyridine rings is 1. The van der Waals surface area contributed by atoms with Crippen LogP contribution >= 0.6 is 0 Å². The Morgan fingerprint density at radius 2 is 1.67 bits per heavy atom. The summed E-state index contributed by atoms with van der Waals surface area (Å²) < 4.78 is 34.7. The Bertz CT molecular complexity index is 1740. The predicted octanol–water partition coefficient (Wildman–Crippen LogP) is 5.03. The highest BCUT2D eigenvalue weighted by Gasteiger charge is 2.23. The molecule has 0 unspecified atom stereocenters. The summed E-state index contributed by atoms with van der Waals surface area (Å²) in [6, 6.07) is 11.8. The van der Waals surface area contributed by atoms with Crippen molar-refractivity contribution in [1.82, 2.24) is 25.9 Å². The average Bonchev–Trinajstić information content (AvgIpc) is 3.53. The van der Waals surface area contributed by atoms with Crippen molar-refractivity contribution in [2.75, 3.05) is 13.1 Å². The van der Waals surface area contributed by atoms with E-state index in [1.54, 1.807) is 32.9 Å². The number of carbonyl (C=O) groups excluding carboxylic acids is 4. The average molecular weight is 632 g/mol. The molecule has 0 saturated heterocycles. The van der Waals surface area contributed by atoms with Gasteiger partial charge in [-0.15, -0.1) is 0 Å². The molecule has 0 aliphatic rings. The molecule has 2 aromatic heterocycles. The number of benzene rings is 2. The predicted molar refractivity (Wildman–Crippen MR) is 168 cm³/mol. The fraction of sp³-hybridized carbons (Fsp3) is 0.265. The summed E-state index contributed by atoms with van der Waals surface area (Å²) in [5.41, 5.74) is 2.25. The van der Waals surface area contributed by atoms with Gasteiger partial charge in [0.25, 0.3) is 5.91 Å². The summed E-state index contributed by atoms with van der Waals surface area (Å²) in [4.78, 5) is 57.6. The lowest BCUT2D eigenvalue weighted by Gasteiger charge is -2.17. The lowest BCUT2D eigenvalue weighted by molar-refractivity contribution is -0.124. The highest BCUT2D eigenvalue weighted by atomic mass is 19.1. The van der Waals surface area contributed by atoms with Gasteiger partial charge in [-0.1, -0.05) is 17.7 Å². The van der Waals surface area contributed by atoms with Gasteiger partial charge in [-0.3, -0.25) is 24.2 Å². The molecule has 4 aromatic rings. The molecule has 1 atom stereocenters. The number of halogens is 2. The number of ether oxygens (including phenoxy) is 1. The van der Waals surface area contributed by atoms with E-state index in [1.807, 2.05) is 0 Å². The fourth-order valence-electron chi connectivity index (χ4n) is 4.66. The molecule has 0 bridgehead atoms. The summed E-state index contributed by atoms with van der Waals surface area (Å²) >= 11 is 0. The number of aryl methyl sites for hydroxylation is 1. The van der Waals surface area contributed by atoms with E-state index < -0.39 is 35.3 Å². The van der Waals surface area contributed by atoms with Crippen LogP contribution in [0.15, 0.2) is 67.0 Å². The van der Waals surface area contributed by atoms with Crippen LogP contribution in [-0.4, -0.2) is 52.6 Å². The number of amides is 3. The van der Waals surface area contributed by atoms with Gasteiger partial charge in [-0.2, -0.15) is 0 Å². The van der Waals surface area contributed by atoms with Crippen LogP contribution < -0.4 is 20.7 Å². The molecule has 0 saturated carbocycles. The molecule has 240 valence electrons. The largest absolute Gasteiger partial charge is 0.454 e. The zero-order valence-electron chi connectivity index (χ0n) is 25.7. The Morgan fingerprint density at radius 1 is 0.913 bits per heavy atom. The fourth-order valence-corrected chi connectivity index (χ4v) is 4.66. The van der Waals surface area contributed by atoms with Crippen molar-refractivity contribution >= 4 is 23.5 Å². The van der Waals surface area contributed by atoms with E-state index in [0.717, 1.165) is 11.6 Å². The molecule has 0 fully saturated rings. The van der Waals surface area contributed by atoms with Crippen LogP contribution in [0.4, 0.5) is 8.78 Å². The molecular formula is C34H35F2N5O5. The molecule has 3 amide bonds. The van der Waals surface area contributed by atoms with Gasteiger partial charge < -0.3 is 25.7 Å². The molecule has 2 heterocycles. The number of hydrogen-bond donors (Lipinski definition) is 4. The van der Waals surface area contributed by atoms with Crippen LogP contribution in [0, 0.1) is 18.6 Å². The summed E-state index contributed by atoms with van der Waals surface area (Å²) in [5.74, 6) is -2.75. The van der Waals surface area contributed by atoms with E-state index in [-0.39, 0.29) is 53.4 Å². The Labute approximate surface area is 265 Å². The molecular weight excluding hydrogens is 596 g/mol. The Kier molecular flexibility index (Phi) is 11.3. The van der Waals surface area contributed by atoms with E-state index in [1.165, 1.54) is 48.8 Å². The molecule has 0 radical (unpaired) electrons. The topological polar surface area (TPSA) is 142 Å². The van der Waals surface area contributed by atoms with Crippen molar-refractivity contribution < 1.29 is 32.7 Å². The van der Waals surface area contributed by atoms with E-state index in [4.69, 9.17) is 4.74 Å². The summed E-state index contributed by atoms with van der Waals surface area (Å²) in [6.07, 6.45) is 2.87. The van der Waals surface area contributed by atoms with Crippen LogP contribution in [-0.2, 0) is 16.0 Å². The number of aromatic nitrogens is 2. The van der Waals surface area contributed by atoms with E-state index in [2.05, 4.69) is 25.9 Å². The highest BCUT2D eigenvalue weighted by Crippen LogP contribution is 2.29. The molecule has 4 rings (SSSR count). The molecule has 0 aliphatic carbocycles. The van der Waals surface area contributed by atoms with Crippen molar-refractivity contribution in [3.8, 4) is 22.9 Å². The second-order valence-corrected chi connectivity index (χ2v) is 10.5. The first-order valence-corrected chi connectivity index (χ1v) is 14.8. The van der Waals surface area contributed by atoms with Gasteiger partial charge in [-0.25, -0.2) is 8.78 Å². The second-order valence-electron chi connectivity index (χ2n) is 10.5. The monoisotopic (exact) mass is 631 g/mol. The quantitative estimate of drug-likeness (QED) is 0.144. The smallest absolute Gasteiger partial charge is 0.253 e. The molecule has 4 N–H and O–H groups in total. The first-order valence-electron chi connectivity index (χ1n) is 14.8. The molecule has 0 spiro atoms. The first kappa shape index (κ1) is 33.5. The van der Waals surface area contributed by atoms with Gasteiger partial charge in [0.15, 0.2) is 17.3 Å². The zero-order valence-corrected chi connectivity index (χ0v) is 25.7. The van der Waals surface area contributed by atoms with Crippen LogP contribution in [0.5, 0.6) is 11.5 Å². The first-order chi connectivity index (χ1) is 22.1. The maximum absolute atomic E-state index is 14.7. The van der Waals surface area contributed by atoms with E-state index in [9.17, 15) is 28.0 Å². The van der Waals surface area contributed by atoms with E-state index >= 15 is 0 Å². The Balaban J connectivity index is 1.46. The van der Waals surface area contributed by atoms with Gasteiger partial charge in [0.2, 0.25) is 11.8 Å². The van der Waals surface area contributed by atoms with E-state index in [0.29, 0.717) is 24.5 Å². The third kappa shape index (κ3) is 8.84. The van der Waals surface area contributed by atoms with Crippen LogP contribution in [0.2, 0.25) is 0 Å². The third-order valence-electron chi connectivity index (χ3n) is 6.99. The second kappa shape index (κ2) is 15.6. The number of Topliss-reactive ketones (excluding diaryl/α,β-unsaturated/α-hetero) is 1. The van der Waals surface area contributed by atoms with Crippen molar-refractivity contribution in [2.45, 2.75) is 46.1 Å². The van der Waals surface area contributed by atoms with Crippen LogP contribution in [0.25, 0.3) is 11.4 Å². The standard InChI is InChI=1S/C34H35F2N5O5/c1-4-37-32(43)11-10-27(34(45)38-5-2)41-33(44)23-15-28(40-19-23)29-18-24(12-13-39-29)46-31-17-21(7-9-26(31)36)30(42)16-22-14-20(3)6-8-25(22)35/h6-9,12-15,17-19,27,40H,4-5,10-11,16H2,1-3H3,(H,37,43)(H,38,45)(H,41,44)/t27-/m0/s1. The molecule has 46 heavy (non-hydrogen) atoms. The van der Waals surface area contributed by atoms with Crippen molar-refractivity contribution in [1.29, 1.82) is 0 Å². The minimum absolute atomic E-state index is 0.0634. The maximum atomic E-state index is 14.7. The van der Waals surface area contributed by atoms with Gasteiger partial charge in [0.05, 0.1) is 17.0 Å². The SMILES string of the molecule is CCNC(=O)CC[C@H](NC(=O)c1c[nH]c(-c2cc(Oc3cc(C(=O)Cc4cc(C)ccc4F)ccc3F)ccn2)c1)C(=O)NCC. The normalized spacial score (nSPS) is 11.4. The number of aromatic amines is 1. The maximum Gasteiger partial charge on any atom is 0.253 e. The number of nitrogens with zero attached hydrogens (tertiary/aromatic N) is 1. The van der Waals surface area contributed by atoms with Crippen LogP contribution in [0.1, 0.15) is 58.5 Å². The molecule has 10 nitrogen and oxygen atoms in total. The lowest BCUT2D eigenvalue weighted by atomic mass is 10.0. The number of ketones is 1. The van der Waals surface area contributed by atoms with Crippen molar-refractivity contribution in [2.24, 2.45) is 0 Å². The number of likely N-dealkylation sites (N-methyl/N-ethyl adjacent to an activating group) is 1. The summed E-state index contributed by atoms with van der Waals surface area (Å²) in [7, 11) is 0. The molecule has 2 aromatic carbocycles. The number of H-pyrrole nitrogens is 1. The van der Waals surface area contributed by atoms with Crippen LogP contribution in [0.3, 0.4) is 0 Å².